The zero-order valence-corrected chi connectivity index (χ0v) is 18.0. The van der Waals surface area contributed by atoms with Crippen molar-refractivity contribution in [2.45, 2.75) is 6.42 Å². The molecule has 3 aromatic heterocycles. The monoisotopic (exact) mass is 456 g/mol. The van der Waals surface area contributed by atoms with Crippen LogP contribution >= 0.6 is 34.0 Å². The van der Waals surface area contributed by atoms with Crippen LogP contribution in [-0.2, 0) is 21.2 Å². The molecule has 0 aliphatic carbocycles. The van der Waals surface area contributed by atoms with E-state index < -0.39 is 16.0 Å². The molecular formula is C17H16N2O5S4. The van der Waals surface area contributed by atoms with Crippen molar-refractivity contribution in [2.75, 3.05) is 19.4 Å². The van der Waals surface area contributed by atoms with Gasteiger partial charge in [-0.05, 0) is 30.0 Å². The number of ether oxygens (including phenoxy) is 1. The van der Waals surface area contributed by atoms with Gasteiger partial charge in [0.05, 0.1) is 11.1 Å². The average Bonchev–Trinajstić information content (AvgIpc) is 3.38. The Bertz CT molecular complexity index is 1070. The van der Waals surface area contributed by atoms with Gasteiger partial charge in [0.25, 0.3) is 0 Å². The molecule has 28 heavy (non-hydrogen) atoms. The summed E-state index contributed by atoms with van der Waals surface area (Å²) in [7, 11) is -3.24. The van der Waals surface area contributed by atoms with Crippen molar-refractivity contribution in [1.29, 1.82) is 0 Å². The first kappa shape index (κ1) is 20.8. The van der Waals surface area contributed by atoms with Crippen LogP contribution in [0.1, 0.15) is 25.0 Å². The highest BCUT2D eigenvalue weighted by atomic mass is 32.2. The van der Waals surface area contributed by atoms with Gasteiger partial charge in [0.1, 0.15) is 5.01 Å². The zero-order valence-electron chi connectivity index (χ0n) is 14.7. The maximum Gasteiger partial charge on any atom is 0.358 e. The predicted molar refractivity (Wildman–Crippen MR) is 111 cm³/mol. The number of nitrogens with one attached hydrogen (secondary N) is 1. The molecule has 0 saturated heterocycles. The van der Waals surface area contributed by atoms with Crippen LogP contribution in [0.5, 0.6) is 0 Å². The summed E-state index contributed by atoms with van der Waals surface area (Å²) in [5.74, 6) is -0.950. The number of carbonyl (C=O) groups is 2. The number of thiazole rings is 1. The number of aromatic nitrogens is 1. The molecule has 1 N–H and O–H groups in total. The van der Waals surface area contributed by atoms with Gasteiger partial charge >= 0.3 is 5.97 Å². The number of esters is 1. The number of sulfonamides is 1. The van der Waals surface area contributed by atoms with E-state index in [9.17, 15) is 18.0 Å². The van der Waals surface area contributed by atoms with Gasteiger partial charge in [-0.15, -0.1) is 22.7 Å². The van der Waals surface area contributed by atoms with E-state index in [1.54, 1.807) is 28.8 Å². The predicted octanol–water partition coefficient (Wildman–Crippen LogP) is 3.06. The minimum absolute atomic E-state index is 0.178. The number of hydrogen-bond donors (Lipinski definition) is 1. The quantitative estimate of drug-likeness (QED) is 0.392. The molecule has 0 radical (unpaired) electrons. The van der Waals surface area contributed by atoms with Gasteiger partial charge in [0, 0.05) is 27.7 Å². The number of rotatable bonds is 9. The lowest BCUT2D eigenvalue weighted by Gasteiger charge is -2.01. The molecule has 7 nitrogen and oxygen atoms in total. The Kier molecular flexibility index (Phi) is 6.73. The third-order valence-corrected chi connectivity index (χ3v) is 6.98. The van der Waals surface area contributed by atoms with Crippen LogP contribution in [0, 0.1) is 0 Å². The molecule has 3 aromatic rings. The van der Waals surface area contributed by atoms with Crippen LogP contribution < -0.4 is 4.72 Å². The van der Waals surface area contributed by atoms with Crippen LogP contribution in [0.25, 0.3) is 10.6 Å². The van der Waals surface area contributed by atoms with Crippen LogP contribution in [0.3, 0.4) is 0 Å². The normalized spacial score (nSPS) is 11.5. The highest BCUT2D eigenvalue weighted by Gasteiger charge is 2.17. The highest BCUT2D eigenvalue weighted by molar-refractivity contribution is 7.88. The smallest absolute Gasteiger partial charge is 0.358 e. The third kappa shape index (κ3) is 5.79. The van der Waals surface area contributed by atoms with E-state index in [2.05, 4.69) is 9.71 Å². The van der Waals surface area contributed by atoms with Gasteiger partial charge < -0.3 is 4.74 Å². The molecule has 3 rings (SSSR count). The number of nitrogens with zero attached hydrogens (tertiary/aromatic N) is 1. The fourth-order valence-corrected chi connectivity index (χ4v) is 5.09. The molecule has 0 unspecified atom stereocenters. The third-order valence-electron chi connectivity index (χ3n) is 3.49. The standard InChI is InChI=1S/C17H16N2O5S4/c1-28(22,23)18-6-4-12-2-3-15(27-12)14(20)8-24-17(21)13-10-26-16(19-13)11-5-7-25-9-11/h2-3,5,7,9-10,18H,4,6,8H2,1H3. The Hall–Kier alpha value is -1.92. The first-order valence-electron chi connectivity index (χ1n) is 8.03. The van der Waals surface area contributed by atoms with E-state index in [1.165, 1.54) is 22.7 Å². The first-order valence-corrected chi connectivity index (χ1v) is 12.6. The Balaban J connectivity index is 1.51. The van der Waals surface area contributed by atoms with Crippen molar-refractivity contribution in [3.05, 3.63) is 49.8 Å². The maximum atomic E-state index is 12.2. The second-order valence-electron chi connectivity index (χ2n) is 5.73. The average molecular weight is 457 g/mol. The molecule has 0 bridgehead atoms. The van der Waals surface area contributed by atoms with Crippen LogP contribution in [0.15, 0.2) is 34.3 Å². The summed E-state index contributed by atoms with van der Waals surface area (Å²) in [5.41, 5.74) is 1.12. The molecule has 148 valence electrons. The number of Topliss-reactive ketones (excluding diaryl/α,β-unsaturated/α-hetero) is 1. The molecule has 0 aromatic carbocycles. The summed E-state index contributed by atoms with van der Waals surface area (Å²) < 4.78 is 29.6. The van der Waals surface area contributed by atoms with E-state index in [4.69, 9.17) is 4.74 Å². The van der Waals surface area contributed by atoms with Crippen LogP contribution in [-0.4, -0.2) is 44.6 Å². The molecule has 0 spiro atoms. The van der Waals surface area contributed by atoms with Crippen LogP contribution in [0.2, 0.25) is 0 Å². The number of carbonyl (C=O) groups excluding carboxylic acids is 2. The minimum Gasteiger partial charge on any atom is -0.453 e. The number of hydrogen-bond acceptors (Lipinski definition) is 9. The van der Waals surface area contributed by atoms with Gasteiger partial charge in [-0.1, -0.05) is 0 Å². The second-order valence-corrected chi connectivity index (χ2v) is 10.4. The molecular weight excluding hydrogens is 440 g/mol. The minimum atomic E-state index is -3.24. The van der Waals surface area contributed by atoms with E-state index in [1.807, 2.05) is 16.8 Å². The summed E-state index contributed by atoms with van der Waals surface area (Å²) in [6.07, 6.45) is 1.57. The fraction of sp³-hybridized carbons (Fsp3) is 0.235. The summed E-state index contributed by atoms with van der Waals surface area (Å²) in [4.78, 5) is 29.9. The summed E-state index contributed by atoms with van der Waals surface area (Å²) >= 11 is 4.14. The SMILES string of the molecule is CS(=O)(=O)NCCc1ccc(C(=O)COC(=O)c2csc(-c3ccsc3)n2)s1. The molecule has 0 saturated carbocycles. The lowest BCUT2D eigenvalue weighted by molar-refractivity contribution is 0.0471. The van der Waals surface area contributed by atoms with Crippen molar-refractivity contribution in [1.82, 2.24) is 9.71 Å². The molecule has 3 heterocycles. The zero-order chi connectivity index (χ0) is 20.1. The van der Waals surface area contributed by atoms with E-state index in [0.29, 0.717) is 11.3 Å². The van der Waals surface area contributed by atoms with Crippen molar-refractivity contribution in [3.8, 4) is 10.6 Å². The van der Waals surface area contributed by atoms with Gasteiger partial charge in [-0.3, -0.25) is 4.79 Å². The number of thiophene rings is 2. The number of ketones is 1. The summed E-state index contributed by atoms with van der Waals surface area (Å²) in [5, 5.41) is 6.21. The lowest BCUT2D eigenvalue weighted by atomic mass is 10.3. The van der Waals surface area contributed by atoms with Crippen molar-refractivity contribution in [3.63, 3.8) is 0 Å². The highest BCUT2D eigenvalue weighted by Crippen LogP contribution is 2.26. The second kappa shape index (κ2) is 9.05. The van der Waals surface area contributed by atoms with Gasteiger partial charge in [0.15, 0.2) is 12.3 Å². The lowest BCUT2D eigenvalue weighted by Crippen LogP contribution is -2.24. The Labute approximate surface area is 174 Å². The van der Waals surface area contributed by atoms with Crippen molar-refractivity contribution < 1.29 is 22.7 Å². The Morgan fingerprint density at radius 2 is 2.04 bits per heavy atom. The van der Waals surface area contributed by atoms with Crippen LogP contribution in [0.4, 0.5) is 0 Å². The van der Waals surface area contributed by atoms with Crippen molar-refractivity contribution in [2.24, 2.45) is 0 Å². The largest absolute Gasteiger partial charge is 0.453 e. The summed E-state index contributed by atoms with van der Waals surface area (Å²) in [6, 6.07) is 5.33. The molecule has 0 aliphatic heterocycles. The fourth-order valence-electron chi connectivity index (χ4n) is 2.18. The van der Waals surface area contributed by atoms with Gasteiger partial charge in [0.2, 0.25) is 15.8 Å². The Morgan fingerprint density at radius 3 is 2.75 bits per heavy atom. The van der Waals surface area contributed by atoms with E-state index in [-0.39, 0.29) is 24.6 Å². The summed E-state index contributed by atoms with van der Waals surface area (Å²) in [6.45, 7) is -0.107. The van der Waals surface area contributed by atoms with Crippen molar-refractivity contribution >= 4 is 55.8 Å². The first-order chi connectivity index (χ1) is 13.3. The van der Waals surface area contributed by atoms with E-state index in [0.717, 1.165) is 21.7 Å². The topological polar surface area (TPSA) is 102 Å². The molecule has 0 amide bonds. The molecule has 0 aliphatic rings. The molecule has 0 fully saturated rings. The molecule has 11 heteroatoms. The van der Waals surface area contributed by atoms with Gasteiger partial charge in [-0.25, -0.2) is 22.9 Å². The van der Waals surface area contributed by atoms with E-state index >= 15 is 0 Å². The van der Waals surface area contributed by atoms with Gasteiger partial charge in [-0.2, -0.15) is 11.3 Å². The Morgan fingerprint density at radius 1 is 1.21 bits per heavy atom. The maximum absolute atomic E-state index is 12.2. The molecule has 0 atom stereocenters.